The van der Waals surface area contributed by atoms with E-state index in [1.807, 2.05) is 0 Å². The van der Waals surface area contributed by atoms with Gasteiger partial charge in [-0.2, -0.15) is 0 Å². The largest absolute Gasteiger partial charge is 0.394 e. The predicted octanol–water partition coefficient (Wildman–Crippen LogP) is 2.31. The van der Waals surface area contributed by atoms with Crippen molar-refractivity contribution in [3.63, 3.8) is 0 Å². The maximum Gasteiger partial charge on any atom is 0.220 e. The summed E-state index contributed by atoms with van der Waals surface area (Å²) >= 11 is 0. The van der Waals surface area contributed by atoms with Crippen LogP contribution in [0.5, 0.6) is 0 Å². The molecule has 0 aromatic rings. The van der Waals surface area contributed by atoms with Crippen LogP contribution in [0.15, 0.2) is 0 Å². The number of aliphatic hydroxyl groups excluding tert-OH is 1. The fourth-order valence-corrected chi connectivity index (χ4v) is 2.59. The molecule has 0 unspecified atom stereocenters. The van der Waals surface area contributed by atoms with Crippen LogP contribution >= 0.6 is 0 Å². The number of carbonyl (C=O) groups excluding carboxylic acids is 1. The van der Waals surface area contributed by atoms with Gasteiger partial charge in [-0.25, -0.2) is 0 Å². The van der Waals surface area contributed by atoms with Gasteiger partial charge in [0, 0.05) is 38.1 Å². The van der Waals surface area contributed by atoms with Crippen LogP contribution in [0.2, 0.25) is 0 Å². The van der Waals surface area contributed by atoms with Crippen molar-refractivity contribution in [1.29, 1.82) is 0 Å². The Kier molecular flexibility index (Phi) is 29.6. The molecule has 1 amide bonds. The fourth-order valence-electron chi connectivity index (χ4n) is 2.59. The molecular weight excluding hydrogens is 441 g/mol. The number of nitrogens with one attached hydrogen (secondary N) is 1. The molecule has 185 valence electrons. The second-order valence-corrected chi connectivity index (χ2v) is 7.31. The fraction of sp³-hybridized carbons (Fsp3) is 0.955. The van der Waals surface area contributed by atoms with Gasteiger partial charge in [0.1, 0.15) is 0 Å². The van der Waals surface area contributed by atoms with Gasteiger partial charge in [-0.15, -0.1) is 0 Å². The Bertz CT molecular complexity index is 363. The molecule has 0 saturated heterocycles. The molecule has 0 heterocycles. The monoisotopic (exact) mass is 486 g/mol. The van der Waals surface area contributed by atoms with Crippen molar-refractivity contribution in [2.24, 2.45) is 0 Å². The van der Waals surface area contributed by atoms with Crippen molar-refractivity contribution in [2.45, 2.75) is 64.9 Å². The van der Waals surface area contributed by atoms with Gasteiger partial charge < -0.3 is 34.1 Å². The van der Waals surface area contributed by atoms with Crippen molar-refractivity contribution in [3.8, 4) is 0 Å². The van der Waals surface area contributed by atoms with E-state index in [2.05, 4.69) is 19.2 Å². The Morgan fingerprint density at radius 1 is 0.710 bits per heavy atom. The molecule has 0 atom stereocenters. The first-order valence-corrected chi connectivity index (χ1v) is 11.5. The SMILES string of the molecule is CC(C)OCCCCCCCCC(=O)NCCOCCOCCOCCOCCO.[V]. The van der Waals surface area contributed by atoms with E-state index in [1.165, 1.54) is 19.3 Å². The standard InChI is InChI=1S/C22H45NO7.V/c1-21(2)30-12-8-6-4-3-5-7-9-22(25)23-10-13-26-15-17-28-19-20-29-18-16-27-14-11-24;/h21,24H,3-20H2,1-2H3,(H,23,25);. The molecule has 9 heteroatoms. The number of hydrogen-bond acceptors (Lipinski definition) is 7. The minimum absolute atomic E-state index is 0. The Labute approximate surface area is 200 Å². The number of aliphatic hydroxyl groups is 1. The van der Waals surface area contributed by atoms with Crippen molar-refractivity contribution in [3.05, 3.63) is 0 Å². The Morgan fingerprint density at radius 2 is 1.19 bits per heavy atom. The van der Waals surface area contributed by atoms with Gasteiger partial charge >= 0.3 is 0 Å². The first kappa shape index (κ1) is 33.0. The van der Waals surface area contributed by atoms with E-state index in [0.29, 0.717) is 71.9 Å². The summed E-state index contributed by atoms with van der Waals surface area (Å²) in [6.45, 7) is 9.35. The summed E-state index contributed by atoms with van der Waals surface area (Å²) < 4.78 is 26.7. The van der Waals surface area contributed by atoms with E-state index in [1.54, 1.807) is 0 Å². The molecule has 8 nitrogen and oxygen atoms in total. The quantitative estimate of drug-likeness (QED) is 0.202. The minimum Gasteiger partial charge on any atom is -0.394 e. The molecule has 31 heavy (non-hydrogen) atoms. The summed E-state index contributed by atoms with van der Waals surface area (Å²) in [5.74, 6) is 0.0975. The maximum absolute atomic E-state index is 11.8. The normalized spacial score (nSPS) is 11.0. The summed E-state index contributed by atoms with van der Waals surface area (Å²) in [5, 5.41) is 11.4. The van der Waals surface area contributed by atoms with E-state index in [4.69, 9.17) is 28.8 Å². The number of hydrogen-bond donors (Lipinski definition) is 2. The molecule has 0 aliphatic rings. The van der Waals surface area contributed by atoms with Crippen LogP contribution in [0.25, 0.3) is 0 Å². The molecule has 0 spiro atoms. The number of amides is 1. The Balaban J connectivity index is 0. The van der Waals surface area contributed by atoms with Crippen LogP contribution in [0.1, 0.15) is 58.8 Å². The van der Waals surface area contributed by atoms with Gasteiger partial charge in [-0.05, 0) is 26.7 Å². The van der Waals surface area contributed by atoms with E-state index >= 15 is 0 Å². The van der Waals surface area contributed by atoms with Crippen LogP contribution in [-0.4, -0.2) is 89.7 Å². The molecule has 0 rings (SSSR count). The molecule has 0 aromatic heterocycles. The van der Waals surface area contributed by atoms with Crippen LogP contribution in [0.3, 0.4) is 0 Å². The third-order valence-electron chi connectivity index (χ3n) is 4.17. The summed E-state index contributed by atoms with van der Waals surface area (Å²) in [5.41, 5.74) is 0. The minimum atomic E-state index is 0. The molecular formula is C22H45NO7V. The van der Waals surface area contributed by atoms with Gasteiger partial charge in [0.2, 0.25) is 5.91 Å². The second-order valence-electron chi connectivity index (χ2n) is 7.31. The molecule has 0 aromatic carbocycles. The zero-order chi connectivity index (χ0) is 22.1. The zero-order valence-electron chi connectivity index (χ0n) is 19.6. The molecule has 0 aliphatic heterocycles. The molecule has 0 bridgehead atoms. The van der Waals surface area contributed by atoms with Crippen molar-refractivity contribution >= 4 is 5.91 Å². The smallest absolute Gasteiger partial charge is 0.220 e. The first-order valence-electron chi connectivity index (χ1n) is 11.5. The third kappa shape index (κ3) is 29.8. The van der Waals surface area contributed by atoms with E-state index in [-0.39, 0.29) is 31.1 Å². The molecule has 0 fully saturated rings. The molecule has 0 saturated carbocycles. The summed E-state index contributed by atoms with van der Waals surface area (Å²) in [6.07, 6.45) is 7.67. The number of rotatable bonds is 24. The summed E-state index contributed by atoms with van der Waals surface area (Å²) in [7, 11) is 0. The Hall–Kier alpha value is -0.186. The van der Waals surface area contributed by atoms with E-state index < -0.39 is 0 Å². The average Bonchev–Trinajstić information content (AvgIpc) is 2.72. The first-order chi connectivity index (χ1) is 14.7. The van der Waals surface area contributed by atoms with Crippen LogP contribution in [0, 0.1) is 0 Å². The van der Waals surface area contributed by atoms with E-state index in [9.17, 15) is 4.79 Å². The van der Waals surface area contributed by atoms with Crippen molar-refractivity contribution in [2.75, 3.05) is 72.6 Å². The third-order valence-corrected chi connectivity index (χ3v) is 4.17. The van der Waals surface area contributed by atoms with Crippen LogP contribution in [0.4, 0.5) is 0 Å². The number of ether oxygens (including phenoxy) is 5. The van der Waals surface area contributed by atoms with Gasteiger partial charge in [-0.3, -0.25) is 4.79 Å². The van der Waals surface area contributed by atoms with E-state index in [0.717, 1.165) is 25.9 Å². The topological polar surface area (TPSA) is 95.5 Å². The zero-order valence-corrected chi connectivity index (χ0v) is 21.0. The summed E-state index contributed by atoms with van der Waals surface area (Å²) in [4.78, 5) is 11.8. The molecule has 0 aliphatic carbocycles. The summed E-state index contributed by atoms with van der Waals surface area (Å²) in [6, 6.07) is 0. The van der Waals surface area contributed by atoms with Crippen LogP contribution in [-0.2, 0) is 47.0 Å². The average molecular weight is 487 g/mol. The maximum atomic E-state index is 11.8. The van der Waals surface area contributed by atoms with Crippen LogP contribution < -0.4 is 5.32 Å². The second kappa shape index (κ2) is 27.8. The van der Waals surface area contributed by atoms with Crippen molar-refractivity contribution in [1.82, 2.24) is 5.32 Å². The van der Waals surface area contributed by atoms with Gasteiger partial charge in [0.05, 0.1) is 65.6 Å². The van der Waals surface area contributed by atoms with Gasteiger partial charge in [0.25, 0.3) is 0 Å². The number of carbonyl (C=O) groups is 1. The molecule has 1 radical (unpaired) electrons. The molecule has 2 N–H and O–H groups in total. The van der Waals surface area contributed by atoms with Gasteiger partial charge in [-0.1, -0.05) is 25.7 Å². The Morgan fingerprint density at radius 3 is 1.74 bits per heavy atom. The predicted molar refractivity (Wildman–Crippen MR) is 117 cm³/mol. The van der Waals surface area contributed by atoms with Crippen molar-refractivity contribution < 1.29 is 52.1 Å². The number of unbranched alkanes of at least 4 members (excludes halogenated alkanes) is 5. The van der Waals surface area contributed by atoms with Gasteiger partial charge in [0.15, 0.2) is 0 Å².